The number of aryl methyl sites for hydroxylation is 1. The second-order valence-corrected chi connectivity index (χ2v) is 4.53. The van der Waals surface area contributed by atoms with Crippen molar-refractivity contribution in [3.63, 3.8) is 0 Å². The summed E-state index contributed by atoms with van der Waals surface area (Å²) in [5.74, 6) is 0.573. The maximum Gasteiger partial charge on any atom is 0.164 e. The lowest BCUT2D eigenvalue weighted by molar-refractivity contribution is 0.0964. The minimum Gasteiger partial charge on any atom is -0.294 e. The van der Waals surface area contributed by atoms with Gasteiger partial charge in [0.05, 0.1) is 5.02 Å². The van der Waals surface area contributed by atoms with E-state index < -0.39 is 0 Å². The van der Waals surface area contributed by atoms with Crippen molar-refractivity contribution in [2.75, 3.05) is 0 Å². The number of ketones is 1. The first kappa shape index (κ1) is 12.3. The lowest BCUT2D eigenvalue weighted by Gasteiger charge is -2.08. The van der Waals surface area contributed by atoms with Crippen LogP contribution in [0.15, 0.2) is 18.2 Å². The number of benzene rings is 1. The summed E-state index contributed by atoms with van der Waals surface area (Å²) in [6.45, 7) is 6.14. The van der Waals surface area contributed by atoms with E-state index in [4.69, 9.17) is 11.6 Å². The molecule has 15 heavy (non-hydrogen) atoms. The third-order valence-corrected chi connectivity index (χ3v) is 2.97. The van der Waals surface area contributed by atoms with E-state index in [1.54, 1.807) is 0 Å². The zero-order valence-corrected chi connectivity index (χ0v) is 10.3. The largest absolute Gasteiger partial charge is 0.294 e. The average Bonchev–Trinajstić information content (AvgIpc) is 2.17. The molecule has 0 spiro atoms. The Hall–Kier alpha value is -0.820. The molecule has 1 unspecified atom stereocenters. The minimum absolute atomic E-state index is 0.148. The summed E-state index contributed by atoms with van der Waals surface area (Å²) in [5, 5.41) is 0.573. The molecular formula is C13H17ClO. The number of carbonyl (C=O) groups excluding carboxylic acids is 1. The van der Waals surface area contributed by atoms with Gasteiger partial charge in [-0.05, 0) is 30.5 Å². The van der Waals surface area contributed by atoms with Crippen molar-refractivity contribution in [3.8, 4) is 0 Å². The molecule has 2 heteroatoms. The highest BCUT2D eigenvalue weighted by Crippen LogP contribution is 2.21. The molecule has 0 fully saturated rings. The number of halogens is 1. The summed E-state index contributed by atoms with van der Waals surface area (Å²) in [4.78, 5) is 11.9. The van der Waals surface area contributed by atoms with Gasteiger partial charge >= 0.3 is 0 Å². The Morgan fingerprint density at radius 2 is 2.13 bits per heavy atom. The van der Waals surface area contributed by atoms with E-state index in [0.29, 0.717) is 22.9 Å². The molecule has 0 radical (unpaired) electrons. The maximum absolute atomic E-state index is 11.9. The number of carbonyl (C=O) groups is 1. The normalized spacial score (nSPS) is 12.5. The molecule has 0 aliphatic heterocycles. The van der Waals surface area contributed by atoms with E-state index in [9.17, 15) is 4.79 Å². The molecule has 0 saturated carbocycles. The van der Waals surface area contributed by atoms with Gasteiger partial charge < -0.3 is 0 Å². The van der Waals surface area contributed by atoms with Gasteiger partial charge in [-0.1, -0.05) is 37.9 Å². The van der Waals surface area contributed by atoms with E-state index in [2.05, 4.69) is 13.8 Å². The van der Waals surface area contributed by atoms with Crippen LogP contribution >= 0.6 is 11.6 Å². The van der Waals surface area contributed by atoms with Gasteiger partial charge in [0.1, 0.15) is 0 Å². The summed E-state index contributed by atoms with van der Waals surface area (Å²) >= 11 is 6.03. The molecular weight excluding hydrogens is 208 g/mol. The van der Waals surface area contributed by atoms with Crippen molar-refractivity contribution < 1.29 is 4.79 Å². The van der Waals surface area contributed by atoms with Crippen molar-refractivity contribution in [1.82, 2.24) is 0 Å². The second kappa shape index (κ2) is 5.32. The first-order valence-electron chi connectivity index (χ1n) is 5.34. The van der Waals surface area contributed by atoms with Crippen molar-refractivity contribution in [3.05, 3.63) is 34.3 Å². The molecule has 82 valence electrons. The highest BCUT2D eigenvalue weighted by molar-refractivity contribution is 6.34. The maximum atomic E-state index is 11.9. The van der Waals surface area contributed by atoms with Crippen molar-refractivity contribution in [2.45, 2.75) is 33.6 Å². The summed E-state index contributed by atoms with van der Waals surface area (Å²) < 4.78 is 0. The van der Waals surface area contributed by atoms with Gasteiger partial charge in [-0.2, -0.15) is 0 Å². The third-order valence-electron chi connectivity index (χ3n) is 2.66. The smallest absolute Gasteiger partial charge is 0.164 e. The Morgan fingerprint density at radius 1 is 1.47 bits per heavy atom. The summed E-state index contributed by atoms with van der Waals surface area (Å²) in [7, 11) is 0. The van der Waals surface area contributed by atoms with Gasteiger partial charge in [-0.15, -0.1) is 0 Å². The lowest BCUT2D eigenvalue weighted by atomic mass is 9.97. The molecule has 1 atom stereocenters. The fraction of sp³-hybridized carbons (Fsp3) is 0.462. The fourth-order valence-electron chi connectivity index (χ4n) is 1.42. The van der Waals surface area contributed by atoms with Crippen LogP contribution in [0.4, 0.5) is 0 Å². The highest BCUT2D eigenvalue weighted by atomic mass is 35.5. The summed E-state index contributed by atoms with van der Waals surface area (Å²) in [6.07, 6.45) is 1.61. The third kappa shape index (κ3) is 3.35. The zero-order chi connectivity index (χ0) is 11.4. The van der Waals surface area contributed by atoms with Crippen molar-refractivity contribution in [1.29, 1.82) is 0 Å². The van der Waals surface area contributed by atoms with Crippen LogP contribution in [0.5, 0.6) is 0 Å². The Kier molecular flexibility index (Phi) is 4.34. The standard InChI is InChI=1S/C13H17ClO/c1-4-9(2)8-13(15)11-6-5-10(3)7-12(11)14/h5-7,9H,4,8H2,1-3H3. The van der Waals surface area contributed by atoms with E-state index in [1.807, 2.05) is 25.1 Å². The zero-order valence-electron chi connectivity index (χ0n) is 9.51. The SMILES string of the molecule is CCC(C)CC(=O)c1ccc(C)cc1Cl. The number of rotatable bonds is 4. The monoisotopic (exact) mass is 224 g/mol. The molecule has 1 aromatic carbocycles. The Morgan fingerprint density at radius 3 is 2.67 bits per heavy atom. The molecule has 0 saturated heterocycles. The molecule has 0 N–H and O–H groups in total. The Labute approximate surface area is 96.5 Å². The summed E-state index contributed by atoms with van der Waals surface area (Å²) in [5.41, 5.74) is 1.74. The van der Waals surface area contributed by atoms with Crippen LogP contribution in [0.25, 0.3) is 0 Å². The number of hydrogen-bond donors (Lipinski definition) is 0. The molecule has 1 nitrogen and oxygen atoms in total. The summed E-state index contributed by atoms with van der Waals surface area (Å²) in [6, 6.07) is 5.59. The van der Waals surface area contributed by atoms with Crippen LogP contribution in [0, 0.1) is 12.8 Å². The molecule has 1 rings (SSSR count). The predicted molar refractivity (Wildman–Crippen MR) is 64.6 cm³/mol. The van der Waals surface area contributed by atoms with Crippen molar-refractivity contribution >= 4 is 17.4 Å². The number of Topliss-reactive ketones (excluding diaryl/α,β-unsaturated/α-hetero) is 1. The van der Waals surface area contributed by atoms with Crippen LogP contribution in [0.1, 0.15) is 42.6 Å². The first-order valence-corrected chi connectivity index (χ1v) is 5.71. The van der Waals surface area contributed by atoms with Crippen LogP contribution in [0.2, 0.25) is 5.02 Å². The minimum atomic E-state index is 0.148. The Bertz CT molecular complexity index is 358. The topological polar surface area (TPSA) is 17.1 Å². The second-order valence-electron chi connectivity index (χ2n) is 4.12. The van der Waals surface area contributed by atoms with Gasteiger partial charge in [0.15, 0.2) is 5.78 Å². The fourth-order valence-corrected chi connectivity index (χ4v) is 1.76. The van der Waals surface area contributed by atoms with Crippen molar-refractivity contribution in [2.24, 2.45) is 5.92 Å². The Balaban J connectivity index is 2.82. The lowest BCUT2D eigenvalue weighted by Crippen LogP contribution is -2.06. The van der Waals surface area contributed by atoms with Crippen LogP contribution < -0.4 is 0 Å². The van der Waals surface area contributed by atoms with Gasteiger partial charge in [0.25, 0.3) is 0 Å². The van der Waals surface area contributed by atoms with E-state index in [-0.39, 0.29) is 5.78 Å². The van der Waals surface area contributed by atoms with E-state index in [0.717, 1.165) is 12.0 Å². The van der Waals surface area contributed by atoms with Gasteiger partial charge in [0.2, 0.25) is 0 Å². The molecule has 0 aliphatic carbocycles. The molecule has 0 aliphatic rings. The van der Waals surface area contributed by atoms with Crippen LogP contribution in [-0.2, 0) is 0 Å². The quantitative estimate of drug-likeness (QED) is 0.699. The average molecular weight is 225 g/mol. The van der Waals surface area contributed by atoms with E-state index >= 15 is 0 Å². The van der Waals surface area contributed by atoms with Crippen LogP contribution in [-0.4, -0.2) is 5.78 Å². The van der Waals surface area contributed by atoms with E-state index in [1.165, 1.54) is 0 Å². The molecule has 0 amide bonds. The molecule has 0 heterocycles. The molecule has 0 aromatic heterocycles. The first-order chi connectivity index (χ1) is 7.04. The van der Waals surface area contributed by atoms with Crippen LogP contribution in [0.3, 0.4) is 0 Å². The highest BCUT2D eigenvalue weighted by Gasteiger charge is 2.12. The van der Waals surface area contributed by atoms with Gasteiger partial charge in [-0.25, -0.2) is 0 Å². The van der Waals surface area contributed by atoms with Gasteiger partial charge in [-0.3, -0.25) is 4.79 Å². The molecule has 0 bridgehead atoms. The van der Waals surface area contributed by atoms with Gasteiger partial charge in [0, 0.05) is 12.0 Å². The predicted octanol–water partition coefficient (Wildman–Crippen LogP) is 4.27. The number of hydrogen-bond acceptors (Lipinski definition) is 1. The molecule has 1 aromatic rings.